The van der Waals surface area contributed by atoms with Crippen molar-refractivity contribution in [3.8, 4) is 5.75 Å². The lowest BCUT2D eigenvalue weighted by Crippen LogP contribution is -2.45. The zero-order valence-corrected chi connectivity index (χ0v) is 13.2. The molecule has 120 valence electrons. The van der Waals surface area contributed by atoms with Crippen LogP contribution in [0.5, 0.6) is 5.75 Å². The summed E-state index contributed by atoms with van der Waals surface area (Å²) in [6.07, 6.45) is 3.38. The van der Waals surface area contributed by atoms with Gasteiger partial charge in [-0.15, -0.1) is 0 Å². The van der Waals surface area contributed by atoms with Crippen molar-refractivity contribution >= 4 is 16.9 Å². The van der Waals surface area contributed by atoms with Gasteiger partial charge in [0.15, 0.2) is 0 Å². The van der Waals surface area contributed by atoms with Gasteiger partial charge in [0.1, 0.15) is 22.6 Å². The predicted molar refractivity (Wildman–Crippen MR) is 81.8 cm³/mol. The summed E-state index contributed by atoms with van der Waals surface area (Å²) >= 11 is 0. The lowest BCUT2D eigenvalue weighted by Gasteiger charge is -2.27. The van der Waals surface area contributed by atoms with E-state index in [4.69, 9.17) is 4.74 Å². The highest BCUT2D eigenvalue weighted by atomic mass is 32.2. The van der Waals surface area contributed by atoms with Crippen molar-refractivity contribution in [3.05, 3.63) is 29.1 Å². The highest BCUT2D eigenvalue weighted by molar-refractivity contribution is 7.82. The van der Waals surface area contributed by atoms with E-state index in [-0.39, 0.29) is 5.56 Å². The van der Waals surface area contributed by atoms with E-state index in [9.17, 15) is 13.4 Å². The Morgan fingerprint density at radius 3 is 2.73 bits per heavy atom. The summed E-state index contributed by atoms with van der Waals surface area (Å²) in [5, 5.41) is 3.16. The van der Waals surface area contributed by atoms with Gasteiger partial charge in [0.25, 0.3) is 5.91 Å². The van der Waals surface area contributed by atoms with Crippen LogP contribution < -0.4 is 14.8 Å². The Morgan fingerprint density at radius 2 is 2.18 bits per heavy atom. The summed E-state index contributed by atoms with van der Waals surface area (Å²) in [6.45, 7) is 2.39. The molecule has 1 heterocycles. The first-order chi connectivity index (χ1) is 10.5. The average molecular weight is 326 g/mol. The van der Waals surface area contributed by atoms with Crippen LogP contribution in [0.25, 0.3) is 0 Å². The fourth-order valence-electron chi connectivity index (χ4n) is 2.44. The van der Waals surface area contributed by atoms with Crippen molar-refractivity contribution in [2.75, 3.05) is 26.0 Å². The van der Waals surface area contributed by atoms with Gasteiger partial charge < -0.3 is 10.1 Å². The van der Waals surface area contributed by atoms with Crippen LogP contribution in [0.1, 0.15) is 34.7 Å². The molecule has 0 spiro atoms. The van der Waals surface area contributed by atoms with Crippen LogP contribution in [0.3, 0.4) is 0 Å². The molecule has 3 rings (SSSR count). The molecule has 1 unspecified atom stereocenters. The zero-order valence-electron chi connectivity index (χ0n) is 12.4. The minimum absolute atomic E-state index is 0.0743. The minimum atomic E-state index is -1.52. The van der Waals surface area contributed by atoms with Crippen molar-refractivity contribution in [1.82, 2.24) is 10.0 Å². The van der Waals surface area contributed by atoms with Crippen molar-refractivity contribution in [2.24, 2.45) is 5.92 Å². The topological polar surface area (TPSA) is 67.4 Å². The SMILES string of the molecule is CS(=O)NC(=O)c1cc(C2CC2)c(OCC2CNC2)cc1F. The first-order valence-electron chi connectivity index (χ1n) is 7.36. The van der Waals surface area contributed by atoms with Gasteiger partial charge in [0.05, 0.1) is 12.2 Å². The minimum Gasteiger partial charge on any atom is -0.493 e. The quantitative estimate of drug-likeness (QED) is 0.827. The fourth-order valence-corrected chi connectivity index (χ4v) is 2.81. The van der Waals surface area contributed by atoms with Crippen LogP contribution >= 0.6 is 0 Å². The number of carbonyl (C=O) groups is 1. The van der Waals surface area contributed by atoms with E-state index in [1.54, 1.807) is 6.07 Å². The Balaban J connectivity index is 1.82. The van der Waals surface area contributed by atoms with Crippen molar-refractivity contribution in [3.63, 3.8) is 0 Å². The molecule has 2 fully saturated rings. The Hall–Kier alpha value is -1.47. The van der Waals surface area contributed by atoms with E-state index in [2.05, 4.69) is 10.0 Å². The van der Waals surface area contributed by atoms with Crippen LogP contribution in [0.4, 0.5) is 4.39 Å². The molecule has 1 atom stereocenters. The van der Waals surface area contributed by atoms with Gasteiger partial charge in [-0.1, -0.05) is 0 Å². The largest absolute Gasteiger partial charge is 0.493 e. The molecule has 1 aromatic carbocycles. The van der Waals surface area contributed by atoms with Crippen LogP contribution in [0, 0.1) is 11.7 Å². The van der Waals surface area contributed by atoms with Crippen molar-refractivity contribution < 1.29 is 18.1 Å². The molecule has 0 radical (unpaired) electrons. The molecule has 1 saturated heterocycles. The van der Waals surface area contributed by atoms with Gasteiger partial charge in [-0.3, -0.25) is 9.52 Å². The molecule has 2 aliphatic rings. The normalized spacial score (nSPS) is 19.4. The van der Waals surface area contributed by atoms with Gasteiger partial charge in [0.2, 0.25) is 0 Å². The summed E-state index contributed by atoms with van der Waals surface area (Å²) in [5.74, 6) is 0.0134. The summed E-state index contributed by atoms with van der Waals surface area (Å²) in [7, 11) is -1.52. The van der Waals surface area contributed by atoms with Crippen LogP contribution in [0.15, 0.2) is 12.1 Å². The summed E-state index contributed by atoms with van der Waals surface area (Å²) in [4.78, 5) is 11.9. The first-order valence-corrected chi connectivity index (χ1v) is 8.91. The maximum atomic E-state index is 14.2. The number of hydrogen-bond donors (Lipinski definition) is 2. The number of hydrogen-bond acceptors (Lipinski definition) is 4. The zero-order chi connectivity index (χ0) is 15.7. The third-order valence-electron chi connectivity index (χ3n) is 3.94. The van der Waals surface area contributed by atoms with Crippen molar-refractivity contribution in [2.45, 2.75) is 18.8 Å². The van der Waals surface area contributed by atoms with E-state index in [1.165, 1.54) is 12.3 Å². The monoisotopic (exact) mass is 326 g/mol. The third-order valence-corrected chi connectivity index (χ3v) is 4.41. The highest BCUT2D eigenvalue weighted by Gasteiger charge is 2.30. The van der Waals surface area contributed by atoms with Gasteiger partial charge >= 0.3 is 0 Å². The van der Waals surface area contributed by atoms with Gasteiger partial charge in [-0.05, 0) is 30.4 Å². The van der Waals surface area contributed by atoms with E-state index in [1.807, 2.05) is 0 Å². The second kappa shape index (κ2) is 6.34. The van der Waals surface area contributed by atoms with Crippen molar-refractivity contribution in [1.29, 1.82) is 0 Å². The second-order valence-corrected chi connectivity index (χ2v) is 6.98. The third kappa shape index (κ3) is 3.47. The fraction of sp³-hybridized carbons (Fsp3) is 0.533. The van der Waals surface area contributed by atoms with E-state index < -0.39 is 22.7 Å². The summed E-state index contributed by atoms with van der Waals surface area (Å²) in [5.41, 5.74) is 0.801. The van der Waals surface area contributed by atoms with Gasteiger partial charge in [-0.25, -0.2) is 8.60 Å². The lowest BCUT2D eigenvalue weighted by molar-refractivity contribution is 0.0979. The average Bonchev–Trinajstić information content (AvgIpc) is 3.20. The number of benzene rings is 1. The van der Waals surface area contributed by atoms with Gasteiger partial charge in [0, 0.05) is 31.3 Å². The maximum Gasteiger partial charge on any atom is 0.265 e. The predicted octanol–water partition coefficient (Wildman–Crippen LogP) is 1.32. The van der Waals surface area contributed by atoms with E-state index >= 15 is 0 Å². The molecule has 1 amide bonds. The number of carbonyl (C=O) groups excluding carboxylic acids is 1. The molecule has 1 aliphatic heterocycles. The number of rotatable bonds is 6. The molecule has 0 bridgehead atoms. The summed E-state index contributed by atoms with van der Waals surface area (Å²) in [6, 6.07) is 2.83. The molecule has 1 aliphatic carbocycles. The van der Waals surface area contributed by atoms with Crippen LogP contribution in [0.2, 0.25) is 0 Å². The Morgan fingerprint density at radius 1 is 1.45 bits per heavy atom. The molecule has 22 heavy (non-hydrogen) atoms. The molecular weight excluding hydrogens is 307 g/mol. The maximum absolute atomic E-state index is 14.2. The van der Waals surface area contributed by atoms with E-state index in [0.29, 0.717) is 24.2 Å². The van der Waals surface area contributed by atoms with E-state index in [0.717, 1.165) is 31.5 Å². The molecular formula is C15H19FN2O3S. The first kappa shape index (κ1) is 15.4. The molecule has 1 aromatic rings. The van der Waals surface area contributed by atoms with Crippen LogP contribution in [-0.4, -0.2) is 36.1 Å². The number of ether oxygens (including phenoxy) is 1. The molecule has 0 aromatic heterocycles. The number of nitrogens with one attached hydrogen (secondary N) is 2. The number of amides is 1. The molecule has 7 heteroatoms. The Bertz CT molecular complexity index is 615. The smallest absolute Gasteiger partial charge is 0.265 e. The summed E-state index contributed by atoms with van der Waals surface area (Å²) < 4.78 is 33.2. The molecule has 1 saturated carbocycles. The van der Waals surface area contributed by atoms with Crippen LogP contribution in [-0.2, 0) is 11.0 Å². The Labute approximate surface area is 131 Å². The van der Waals surface area contributed by atoms with Gasteiger partial charge in [-0.2, -0.15) is 0 Å². The molecule has 5 nitrogen and oxygen atoms in total. The number of halogens is 1. The highest BCUT2D eigenvalue weighted by Crippen LogP contribution is 2.45. The molecule has 2 N–H and O–H groups in total. The Kier molecular flexibility index (Phi) is 4.44. The standard InChI is InChI=1S/C15H19FN2O3S/c1-22(20)18-15(19)12-4-11(10-2-3-10)14(5-13(12)16)21-8-9-6-17-7-9/h4-5,9-10,17H,2-3,6-8H2,1H3,(H,18,19). The lowest BCUT2D eigenvalue weighted by atomic mass is 10.0. The second-order valence-electron chi connectivity index (χ2n) is 5.86.